The number of alkyl halides is 1. The van der Waals surface area contributed by atoms with Crippen molar-refractivity contribution in [1.82, 2.24) is 5.32 Å². The molecule has 0 saturated heterocycles. The van der Waals surface area contributed by atoms with E-state index in [4.69, 9.17) is 0 Å². The summed E-state index contributed by atoms with van der Waals surface area (Å²) in [6.45, 7) is 0. The van der Waals surface area contributed by atoms with E-state index < -0.39 is 0 Å². The van der Waals surface area contributed by atoms with E-state index in [-0.39, 0.29) is 5.91 Å². The third-order valence-corrected chi connectivity index (χ3v) is 4.61. The zero-order valence-corrected chi connectivity index (χ0v) is 12.2. The SMILES string of the molecule is O=C(CCc1ccccc1)NC1CCCCC1Br. The largest absolute Gasteiger partial charge is 0.352 e. The summed E-state index contributed by atoms with van der Waals surface area (Å²) >= 11 is 3.66. The molecule has 0 aliphatic heterocycles. The molecule has 1 amide bonds. The van der Waals surface area contributed by atoms with Crippen molar-refractivity contribution in [2.45, 2.75) is 49.4 Å². The molecule has 2 unspecified atom stereocenters. The lowest BCUT2D eigenvalue weighted by Crippen LogP contribution is -2.42. The summed E-state index contributed by atoms with van der Waals surface area (Å²) in [6.07, 6.45) is 6.18. The van der Waals surface area contributed by atoms with Gasteiger partial charge in [0, 0.05) is 17.3 Å². The second-order valence-corrected chi connectivity index (χ2v) is 6.14. The quantitative estimate of drug-likeness (QED) is 0.848. The van der Waals surface area contributed by atoms with Gasteiger partial charge in [0.15, 0.2) is 0 Å². The van der Waals surface area contributed by atoms with Crippen LogP contribution in [0.25, 0.3) is 0 Å². The molecular weight excluding hydrogens is 290 g/mol. The molecule has 18 heavy (non-hydrogen) atoms. The van der Waals surface area contributed by atoms with Crippen LogP contribution in [0.15, 0.2) is 30.3 Å². The Morgan fingerprint density at radius 3 is 2.67 bits per heavy atom. The first-order chi connectivity index (χ1) is 8.75. The van der Waals surface area contributed by atoms with Gasteiger partial charge in [0.25, 0.3) is 0 Å². The molecule has 1 aliphatic rings. The average Bonchev–Trinajstić information content (AvgIpc) is 2.40. The molecule has 0 heterocycles. The molecule has 1 saturated carbocycles. The molecular formula is C15H20BrNO. The lowest BCUT2D eigenvalue weighted by Gasteiger charge is -2.28. The Hall–Kier alpha value is -0.830. The van der Waals surface area contributed by atoms with E-state index in [0.717, 1.165) is 12.8 Å². The number of benzene rings is 1. The Labute approximate surface area is 117 Å². The number of carbonyl (C=O) groups is 1. The van der Waals surface area contributed by atoms with E-state index >= 15 is 0 Å². The molecule has 1 aliphatic carbocycles. The second-order valence-electron chi connectivity index (χ2n) is 4.96. The minimum absolute atomic E-state index is 0.176. The Balaban J connectivity index is 1.75. The standard InChI is InChI=1S/C15H20BrNO/c16-13-8-4-5-9-14(13)17-15(18)11-10-12-6-2-1-3-7-12/h1-3,6-7,13-14H,4-5,8-11H2,(H,17,18). The third-order valence-electron chi connectivity index (χ3n) is 3.51. The number of carbonyl (C=O) groups excluding carboxylic acids is 1. The maximum absolute atomic E-state index is 11.9. The van der Waals surface area contributed by atoms with Crippen LogP contribution in [0.1, 0.15) is 37.7 Å². The van der Waals surface area contributed by atoms with Crippen LogP contribution in [-0.2, 0) is 11.2 Å². The van der Waals surface area contributed by atoms with Crippen molar-refractivity contribution in [1.29, 1.82) is 0 Å². The highest BCUT2D eigenvalue weighted by atomic mass is 79.9. The van der Waals surface area contributed by atoms with E-state index in [9.17, 15) is 4.79 Å². The van der Waals surface area contributed by atoms with Crippen molar-refractivity contribution in [3.05, 3.63) is 35.9 Å². The predicted octanol–water partition coefficient (Wildman–Crippen LogP) is 3.44. The average molecular weight is 310 g/mol. The fraction of sp³-hybridized carbons (Fsp3) is 0.533. The van der Waals surface area contributed by atoms with Gasteiger partial charge in [0.2, 0.25) is 5.91 Å². The minimum Gasteiger partial charge on any atom is -0.352 e. The summed E-state index contributed by atoms with van der Waals surface area (Å²) < 4.78 is 0. The van der Waals surface area contributed by atoms with Gasteiger partial charge >= 0.3 is 0 Å². The van der Waals surface area contributed by atoms with Gasteiger partial charge in [-0.1, -0.05) is 59.1 Å². The van der Waals surface area contributed by atoms with Gasteiger partial charge in [-0.25, -0.2) is 0 Å². The fourth-order valence-electron chi connectivity index (χ4n) is 2.43. The van der Waals surface area contributed by atoms with Crippen LogP contribution in [-0.4, -0.2) is 16.8 Å². The van der Waals surface area contributed by atoms with Crippen LogP contribution >= 0.6 is 15.9 Å². The van der Waals surface area contributed by atoms with E-state index in [2.05, 4.69) is 33.4 Å². The minimum atomic E-state index is 0.176. The van der Waals surface area contributed by atoms with Gasteiger partial charge in [-0.05, 0) is 24.8 Å². The zero-order valence-electron chi connectivity index (χ0n) is 10.6. The molecule has 1 fully saturated rings. The third kappa shape index (κ3) is 4.13. The van der Waals surface area contributed by atoms with Crippen LogP contribution in [0.4, 0.5) is 0 Å². The topological polar surface area (TPSA) is 29.1 Å². The van der Waals surface area contributed by atoms with Crippen molar-refractivity contribution >= 4 is 21.8 Å². The molecule has 1 aromatic rings. The lowest BCUT2D eigenvalue weighted by atomic mass is 9.95. The van der Waals surface area contributed by atoms with Gasteiger partial charge in [-0.15, -0.1) is 0 Å². The Morgan fingerprint density at radius 1 is 1.22 bits per heavy atom. The molecule has 0 spiro atoms. The second kappa shape index (κ2) is 6.93. The number of rotatable bonds is 4. The summed E-state index contributed by atoms with van der Waals surface area (Å²) in [4.78, 5) is 12.3. The number of hydrogen-bond donors (Lipinski definition) is 1. The van der Waals surface area contributed by atoms with E-state index in [1.165, 1.54) is 24.8 Å². The number of nitrogens with one attached hydrogen (secondary N) is 1. The Bertz CT molecular complexity index is 379. The summed E-state index contributed by atoms with van der Waals surface area (Å²) in [5.74, 6) is 0.176. The van der Waals surface area contributed by atoms with Crippen molar-refractivity contribution in [3.63, 3.8) is 0 Å². The molecule has 1 aromatic carbocycles. The maximum atomic E-state index is 11.9. The van der Waals surface area contributed by atoms with Crippen LogP contribution in [0, 0.1) is 0 Å². The van der Waals surface area contributed by atoms with Gasteiger partial charge < -0.3 is 5.32 Å². The van der Waals surface area contributed by atoms with Gasteiger partial charge in [0.05, 0.1) is 0 Å². The molecule has 98 valence electrons. The monoisotopic (exact) mass is 309 g/mol. The Morgan fingerprint density at radius 2 is 1.94 bits per heavy atom. The fourth-order valence-corrected chi connectivity index (χ4v) is 3.15. The molecule has 3 heteroatoms. The highest BCUT2D eigenvalue weighted by molar-refractivity contribution is 9.09. The van der Waals surface area contributed by atoms with Gasteiger partial charge in [-0.3, -0.25) is 4.79 Å². The smallest absolute Gasteiger partial charge is 0.220 e. The van der Waals surface area contributed by atoms with E-state index in [1.807, 2.05) is 18.2 Å². The van der Waals surface area contributed by atoms with Crippen LogP contribution in [0.2, 0.25) is 0 Å². The first-order valence-corrected chi connectivity index (χ1v) is 7.64. The molecule has 0 radical (unpaired) electrons. The number of halogens is 1. The summed E-state index contributed by atoms with van der Waals surface area (Å²) in [5.41, 5.74) is 1.23. The van der Waals surface area contributed by atoms with Crippen molar-refractivity contribution in [2.24, 2.45) is 0 Å². The molecule has 0 bridgehead atoms. The molecule has 2 nitrogen and oxygen atoms in total. The highest BCUT2D eigenvalue weighted by Crippen LogP contribution is 2.24. The van der Waals surface area contributed by atoms with Crippen LogP contribution in [0.5, 0.6) is 0 Å². The van der Waals surface area contributed by atoms with E-state index in [0.29, 0.717) is 17.3 Å². The van der Waals surface area contributed by atoms with E-state index in [1.54, 1.807) is 0 Å². The van der Waals surface area contributed by atoms with Crippen molar-refractivity contribution < 1.29 is 4.79 Å². The maximum Gasteiger partial charge on any atom is 0.220 e. The summed E-state index contributed by atoms with van der Waals surface area (Å²) in [5, 5.41) is 3.15. The first-order valence-electron chi connectivity index (χ1n) is 6.73. The Kier molecular flexibility index (Phi) is 5.24. The van der Waals surface area contributed by atoms with Crippen molar-refractivity contribution in [2.75, 3.05) is 0 Å². The number of amides is 1. The van der Waals surface area contributed by atoms with Crippen LogP contribution in [0.3, 0.4) is 0 Å². The predicted molar refractivity (Wildman–Crippen MR) is 77.9 cm³/mol. The lowest BCUT2D eigenvalue weighted by molar-refractivity contribution is -0.121. The van der Waals surface area contributed by atoms with Gasteiger partial charge in [-0.2, -0.15) is 0 Å². The van der Waals surface area contributed by atoms with Crippen molar-refractivity contribution in [3.8, 4) is 0 Å². The molecule has 2 atom stereocenters. The normalized spacial score (nSPS) is 23.6. The molecule has 2 rings (SSSR count). The number of aryl methyl sites for hydroxylation is 1. The number of hydrogen-bond acceptors (Lipinski definition) is 1. The van der Waals surface area contributed by atoms with Crippen LogP contribution < -0.4 is 5.32 Å². The zero-order chi connectivity index (χ0) is 12.8. The van der Waals surface area contributed by atoms with Gasteiger partial charge in [0.1, 0.15) is 0 Å². The summed E-state index contributed by atoms with van der Waals surface area (Å²) in [7, 11) is 0. The molecule has 0 aromatic heterocycles. The highest BCUT2D eigenvalue weighted by Gasteiger charge is 2.23. The summed E-state index contributed by atoms with van der Waals surface area (Å²) in [6, 6.07) is 10.5. The first kappa shape index (κ1) is 13.6. The molecule has 1 N–H and O–H groups in total.